The number of carboxylic acid groups (broad SMARTS) is 1. The Bertz CT molecular complexity index is 352. The average molecular weight is 273 g/mol. The maximum absolute atomic E-state index is 11.8. The Balaban J connectivity index is 2.35. The molecule has 1 saturated heterocycles. The van der Waals surface area contributed by atoms with Crippen LogP contribution in [0.2, 0.25) is 0 Å². The van der Waals surface area contributed by atoms with Crippen molar-refractivity contribution in [2.45, 2.75) is 13.0 Å². The molecule has 108 valence electrons. The number of nitrogens with zero attached hydrogens (tertiary/aromatic N) is 2. The first-order valence-corrected chi connectivity index (χ1v) is 5.99. The molecule has 1 fully saturated rings. The second-order valence-electron chi connectivity index (χ2n) is 4.24. The molecule has 1 unspecified atom stereocenters. The normalized spacial score (nSPS) is 16.9. The van der Waals surface area contributed by atoms with Gasteiger partial charge in [-0.05, 0) is 0 Å². The molecule has 0 saturated carbocycles. The smallest absolute Gasteiger partial charge is 0.334 e. The molecule has 3 amide bonds. The van der Waals surface area contributed by atoms with Gasteiger partial charge in [0.15, 0.2) is 6.10 Å². The lowest BCUT2D eigenvalue weighted by molar-refractivity contribution is -0.148. The summed E-state index contributed by atoms with van der Waals surface area (Å²) in [5.41, 5.74) is 0. The summed E-state index contributed by atoms with van der Waals surface area (Å²) in [6, 6.07) is -0.341. The number of rotatable bonds is 4. The van der Waals surface area contributed by atoms with Crippen LogP contribution in [0.1, 0.15) is 6.92 Å². The Labute approximate surface area is 111 Å². The van der Waals surface area contributed by atoms with Gasteiger partial charge in [0.25, 0.3) is 0 Å². The summed E-state index contributed by atoms with van der Waals surface area (Å²) in [7, 11) is 1.27. The summed E-state index contributed by atoms with van der Waals surface area (Å²) in [5.74, 6) is -1.13. The molecular weight excluding hydrogens is 254 g/mol. The van der Waals surface area contributed by atoms with Crippen LogP contribution in [0.4, 0.5) is 4.79 Å². The van der Waals surface area contributed by atoms with Gasteiger partial charge >= 0.3 is 12.0 Å². The Morgan fingerprint density at radius 3 is 2.16 bits per heavy atom. The number of amides is 3. The van der Waals surface area contributed by atoms with Crippen LogP contribution in [-0.4, -0.2) is 78.8 Å². The standard InChI is InChI=1S/C11H19N3O5/c1-8(15)13-3-5-14(6-4-13)11(18)12-7-9(19-2)10(16)17/h9H,3-7H2,1-2H3,(H,12,18)(H,16,17). The highest BCUT2D eigenvalue weighted by molar-refractivity contribution is 5.77. The number of carbonyl (C=O) groups excluding carboxylic acids is 2. The van der Waals surface area contributed by atoms with Crippen molar-refractivity contribution in [2.75, 3.05) is 39.8 Å². The SMILES string of the molecule is COC(CNC(=O)N1CCN(C(C)=O)CC1)C(=O)O. The van der Waals surface area contributed by atoms with Gasteiger partial charge in [-0.3, -0.25) is 4.79 Å². The average Bonchev–Trinajstić information content (AvgIpc) is 2.38. The Hall–Kier alpha value is -1.83. The highest BCUT2D eigenvalue weighted by Gasteiger charge is 2.24. The summed E-state index contributed by atoms with van der Waals surface area (Å²) in [5, 5.41) is 11.3. The fourth-order valence-corrected chi connectivity index (χ4v) is 1.79. The third-order valence-corrected chi connectivity index (χ3v) is 3.01. The summed E-state index contributed by atoms with van der Waals surface area (Å²) in [6.45, 7) is 3.28. The molecule has 1 heterocycles. The first-order valence-electron chi connectivity index (χ1n) is 5.99. The van der Waals surface area contributed by atoms with E-state index in [4.69, 9.17) is 9.84 Å². The van der Waals surface area contributed by atoms with Crippen molar-refractivity contribution in [1.82, 2.24) is 15.1 Å². The molecule has 1 atom stereocenters. The molecular formula is C11H19N3O5. The number of ether oxygens (including phenoxy) is 1. The molecule has 19 heavy (non-hydrogen) atoms. The fourth-order valence-electron chi connectivity index (χ4n) is 1.79. The second kappa shape index (κ2) is 6.93. The van der Waals surface area contributed by atoms with Crippen molar-refractivity contribution in [2.24, 2.45) is 0 Å². The van der Waals surface area contributed by atoms with E-state index in [-0.39, 0.29) is 18.5 Å². The minimum absolute atomic E-state index is 0.00891. The number of nitrogens with one attached hydrogen (secondary N) is 1. The molecule has 0 bridgehead atoms. The number of urea groups is 1. The van der Waals surface area contributed by atoms with Crippen molar-refractivity contribution in [3.8, 4) is 0 Å². The summed E-state index contributed by atoms with van der Waals surface area (Å²) in [6.07, 6.45) is -1.05. The monoisotopic (exact) mass is 273 g/mol. The lowest BCUT2D eigenvalue weighted by atomic mass is 10.3. The maximum atomic E-state index is 11.8. The van der Waals surface area contributed by atoms with E-state index in [0.29, 0.717) is 26.2 Å². The lowest BCUT2D eigenvalue weighted by Crippen LogP contribution is -2.53. The van der Waals surface area contributed by atoms with Crippen LogP contribution in [0.25, 0.3) is 0 Å². The number of methoxy groups -OCH3 is 1. The van der Waals surface area contributed by atoms with E-state index in [1.54, 1.807) is 9.80 Å². The summed E-state index contributed by atoms with van der Waals surface area (Å²) < 4.78 is 4.71. The van der Waals surface area contributed by atoms with Gasteiger partial charge in [-0.15, -0.1) is 0 Å². The van der Waals surface area contributed by atoms with Crippen molar-refractivity contribution in [3.05, 3.63) is 0 Å². The quantitative estimate of drug-likeness (QED) is 0.681. The van der Waals surface area contributed by atoms with Gasteiger partial charge in [0.05, 0.1) is 6.54 Å². The van der Waals surface area contributed by atoms with Gasteiger partial charge in [-0.1, -0.05) is 0 Å². The maximum Gasteiger partial charge on any atom is 0.334 e. The van der Waals surface area contributed by atoms with Gasteiger partial charge in [0, 0.05) is 40.2 Å². The van der Waals surface area contributed by atoms with Crippen LogP contribution in [0.15, 0.2) is 0 Å². The molecule has 1 rings (SSSR count). The Morgan fingerprint density at radius 1 is 1.21 bits per heavy atom. The summed E-state index contributed by atoms with van der Waals surface area (Å²) >= 11 is 0. The third-order valence-electron chi connectivity index (χ3n) is 3.01. The Morgan fingerprint density at radius 2 is 1.74 bits per heavy atom. The molecule has 1 aliphatic rings. The summed E-state index contributed by atoms with van der Waals surface area (Å²) in [4.78, 5) is 36.8. The van der Waals surface area contributed by atoms with Crippen LogP contribution >= 0.6 is 0 Å². The minimum atomic E-state index is -1.12. The van der Waals surface area contributed by atoms with Gasteiger partial charge in [0.1, 0.15) is 0 Å². The predicted molar refractivity (Wildman–Crippen MR) is 65.7 cm³/mol. The first kappa shape index (κ1) is 15.2. The van der Waals surface area contributed by atoms with Crippen LogP contribution in [0.5, 0.6) is 0 Å². The minimum Gasteiger partial charge on any atom is -0.479 e. The van der Waals surface area contributed by atoms with E-state index in [1.165, 1.54) is 14.0 Å². The first-order chi connectivity index (χ1) is 8.95. The van der Waals surface area contributed by atoms with E-state index in [0.717, 1.165) is 0 Å². The van der Waals surface area contributed by atoms with Gasteiger partial charge in [0.2, 0.25) is 5.91 Å². The molecule has 0 aromatic heterocycles. The van der Waals surface area contributed by atoms with Crippen molar-refractivity contribution in [1.29, 1.82) is 0 Å². The largest absolute Gasteiger partial charge is 0.479 e. The van der Waals surface area contributed by atoms with E-state index in [2.05, 4.69) is 5.32 Å². The zero-order valence-corrected chi connectivity index (χ0v) is 11.1. The molecule has 0 spiro atoms. The fraction of sp³-hybridized carbons (Fsp3) is 0.727. The van der Waals surface area contributed by atoms with Gasteiger partial charge in [-0.25, -0.2) is 9.59 Å². The zero-order valence-electron chi connectivity index (χ0n) is 11.1. The second-order valence-corrected chi connectivity index (χ2v) is 4.24. The van der Waals surface area contributed by atoms with Crippen LogP contribution in [-0.2, 0) is 14.3 Å². The number of hydrogen-bond donors (Lipinski definition) is 2. The van der Waals surface area contributed by atoms with Crippen molar-refractivity contribution < 1.29 is 24.2 Å². The van der Waals surface area contributed by atoms with Gasteiger partial charge < -0.3 is 25.0 Å². The van der Waals surface area contributed by atoms with Crippen LogP contribution in [0.3, 0.4) is 0 Å². The zero-order chi connectivity index (χ0) is 14.4. The van der Waals surface area contributed by atoms with E-state index in [1.807, 2.05) is 0 Å². The number of carbonyl (C=O) groups is 3. The number of carboxylic acids is 1. The molecule has 2 N–H and O–H groups in total. The Kier molecular flexibility index (Phi) is 5.56. The molecule has 1 aliphatic heterocycles. The predicted octanol–water partition coefficient (Wildman–Crippen LogP) is -1.04. The molecule has 8 nitrogen and oxygen atoms in total. The third kappa shape index (κ3) is 4.40. The highest BCUT2D eigenvalue weighted by atomic mass is 16.5. The van der Waals surface area contributed by atoms with Gasteiger partial charge in [-0.2, -0.15) is 0 Å². The molecule has 0 aliphatic carbocycles. The van der Waals surface area contributed by atoms with Crippen LogP contribution < -0.4 is 5.32 Å². The van der Waals surface area contributed by atoms with Crippen molar-refractivity contribution >= 4 is 17.9 Å². The van der Waals surface area contributed by atoms with E-state index in [9.17, 15) is 14.4 Å². The molecule has 0 aromatic rings. The topological polar surface area (TPSA) is 99.2 Å². The molecule has 0 aromatic carbocycles. The van der Waals surface area contributed by atoms with E-state index >= 15 is 0 Å². The molecule has 8 heteroatoms. The lowest BCUT2D eigenvalue weighted by Gasteiger charge is -2.34. The van der Waals surface area contributed by atoms with Crippen LogP contribution in [0, 0.1) is 0 Å². The van der Waals surface area contributed by atoms with E-state index < -0.39 is 12.1 Å². The number of hydrogen-bond acceptors (Lipinski definition) is 4. The molecule has 0 radical (unpaired) electrons. The number of piperazine rings is 1. The highest BCUT2D eigenvalue weighted by Crippen LogP contribution is 2.02. The van der Waals surface area contributed by atoms with Crippen molar-refractivity contribution in [3.63, 3.8) is 0 Å². The number of aliphatic carboxylic acids is 1.